The van der Waals surface area contributed by atoms with Crippen LogP contribution < -0.4 is 5.73 Å². The predicted octanol–water partition coefficient (Wildman–Crippen LogP) is 2.50. The molecule has 0 aliphatic rings. The van der Waals surface area contributed by atoms with E-state index in [0.717, 1.165) is 22.5 Å². The third-order valence-electron chi connectivity index (χ3n) is 2.76. The Morgan fingerprint density at radius 3 is 2.65 bits per heavy atom. The highest BCUT2D eigenvalue weighted by atomic mass is 15.3. The molecule has 0 saturated carbocycles. The van der Waals surface area contributed by atoms with Crippen molar-refractivity contribution in [3.05, 3.63) is 29.7 Å². The van der Waals surface area contributed by atoms with Gasteiger partial charge in [-0.3, -0.25) is 9.67 Å². The van der Waals surface area contributed by atoms with E-state index in [9.17, 15) is 0 Å². The van der Waals surface area contributed by atoms with Gasteiger partial charge >= 0.3 is 0 Å². The van der Waals surface area contributed by atoms with Gasteiger partial charge < -0.3 is 5.73 Å². The Bertz CT molecular complexity index is 540. The van der Waals surface area contributed by atoms with E-state index in [1.54, 1.807) is 6.20 Å². The van der Waals surface area contributed by atoms with Gasteiger partial charge in [-0.15, -0.1) is 0 Å². The zero-order chi connectivity index (χ0) is 12.6. The van der Waals surface area contributed by atoms with Crippen molar-refractivity contribution in [1.82, 2.24) is 14.8 Å². The first kappa shape index (κ1) is 11.6. The van der Waals surface area contributed by atoms with E-state index in [1.165, 1.54) is 0 Å². The Kier molecular flexibility index (Phi) is 2.88. The van der Waals surface area contributed by atoms with Crippen molar-refractivity contribution in [3.8, 4) is 11.3 Å². The number of aromatic nitrogens is 3. The first-order valence-electron chi connectivity index (χ1n) is 5.75. The number of nitrogen functional groups attached to an aromatic ring is 1. The summed E-state index contributed by atoms with van der Waals surface area (Å²) < 4.78 is 1.84. The number of hydrogen-bond acceptors (Lipinski definition) is 3. The minimum absolute atomic E-state index is 0.380. The molecular weight excluding hydrogens is 212 g/mol. The molecule has 2 aromatic rings. The highest BCUT2D eigenvalue weighted by Crippen LogP contribution is 2.29. The Morgan fingerprint density at radius 1 is 1.35 bits per heavy atom. The summed E-state index contributed by atoms with van der Waals surface area (Å²) in [5.41, 5.74) is 10.6. The van der Waals surface area contributed by atoms with E-state index in [4.69, 9.17) is 5.73 Å². The highest BCUT2D eigenvalue weighted by molar-refractivity contribution is 5.67. The molecule has 0 bridgehead atoms. The third kappa shape index (κ3) is 2.16. The van der Waals surface area contributed by atoms with Crippen molar-refractivity contribution in [2.45, 2.75) is 26.7 Å². The van der Waals surface area contributed by atoms with Crippen molar-refractivity contribution >= 4 is 5.69 Å². The lowest BCUT2D eigenvalue weighted by molar-refractivity contribution is 0.713. The fourth-order valence-corrected chi connectivity index (χ4v) is 1.99. The number of aryl methyl sites for hydroxylation is 2. The van der Waals surface area contributed by atoms with E-state index >= 15 is 0 Å². The topological polar surface area (TPSA) is 56.7 Å². The largest absolute Gasteiger partial charge is 0.397 e. The second-order valence-corrected chi connectivity index (χ2v) is 4.69. The number of nitrogens with zero attached hydrogens (tertiary/aromatic N) is 3. The fourth-order valence-electron chi connectivity index (χ4n) is 1.99. The summed E-state index contributed by atoms with van der Waals surface area (Å²) in [7, 11) is 1.93. The van der Waals surface area contributed by atoms with Gasteiger partial charge in [-0.2, -0.15) is 5.10 Å². The molecule has 2 heterocycles. The standard InChI is InChI=1S/C13H18N4/c1-8(2)12-11(7-17(4)16-12)13-9(3)5-10(14)6-15-13/h5-8H,14H2,1-4H3. The molecule has 2 rings (SSSR count). The van der Waals surface area contributed by atoms with Gasteiger partial charge in [0.25, 0.3) is 0 Å². The molecule has 4 nitrogen and oxygen atoms in total. The van der Waals surface area contributed by atoms with E-state index in [-0.39, 0.29) is 0 Å². The van der Waals surface area contributed by atoms with Crippen LogP contribution >= 0.6 is 0 Å². The molecular formula is C13H18N4. The van der Waals surface area contributed by atoms with Crippen LogP contribution in [0.3, 0.4) is 0 Å². The summed E-state index contributed by atoms with van der Waals surface area (Å²) in [6.45, 7) is 6.30. The van der Waals surface area contributed by atoms with Crippen LogP contribution in [0.15, 0.2) is 18.5 Å². The van der Waals surface area contributed by atoms with Gasteiger partial charge in [-0.1, -0.05) is 13.8 Å². The predicted molar refractivity (Wildman–Crippen MR) is 69.7 cm³/mol. The maximum Gasteiger partial charge on any atom is 0.0767 e. The molecule has 0 aliphatic carbocycles. The summed E-state index contributed by atoms with van der Waals surface area (Å²) >= 11 is 0. The Hall–Kier alpha value is -1.84. The van der Waals surface area contributed by atoms with Crippen LogP contribution in [0.2, 0.25) is 0 Å². The summed E-state index contributed by atoms with van der Waals surface area (Å²) in [6, 6.07) is 1.94. The van der Waals surface area contributed by atoms with Crippen LogP contribution in [-0.4, -0.2) is 14.8 Å². The number of pyridine rings is 1. The fraction of sp³-hybridized carbons (Fsp3) is 0.385. The third-order valence-corrected chi connectivity index (χ3v) is 2.76. The molecule has 0 spiro atoms. The Morgan fingerprint density at radius 2 is 2.06 bits per heavy atom. The van der Waals surface area contributed by atoms with Crippen LogP contribution in [-0.2, 0) is 7.05 Å². The van der Waals surface area contributed by atoms with E-state index in [1.807, 2.05) is 30.9 Å². The minimum Gasteiger partial charge on any atom is -0.397 e. The van der Waals surface area contributed by atoms with E-state index in [0.29, 0.717) is 11.6 Å². The molecule has 0 aliphatic heterocycles. The zero-order valence-electron chi connectivity index (χ0n) is 10.7. The number of rotatable bonds is 2. The molecule has 2 aromatic heterocycles. The first-order valence-corrected chi connectivity index (χ1v) is 5.75. The van der Waals surface area contributed by atoms with Crippen LogP contribution in [0.5, 0.6) is 0 Å². The van der Waals surface area contributed by atoms with Gasteiger partial charge in [0.1, 0.15) is 0 Å². The molecule has 4 heteroatoms. The van der Waals surface area contributed by atoms with Crippen LogP contribution in [0.4, 0.5) is 5.69 Å². The lowest BCUT2D eigenvalue weighted by Gasteiger charge is -2.07. The van der Waals surface area contributed by atoms with Crippen molar-refractivity contribution in [2.24, 2.45) is 7.05 Å². The van der Waals surface area contributed by atoms with E-state index < -0.39 is 0 Å². The number of hydrogen-bond donors (Lipinski definition) is 1. The molecule has 0 fully saturated rings. The smallest absolute Gasteiger partial charge is 0.0767 e. The average molecular weight is 230 g/mol. The normalized spacial score (nSPS) is 11.1. The van der Waals surface area contributed by atoms with Crippen LogP contribution in [0.25, 0.3) is 11.3 Å². The quantitative estimate of drug-likeness (QED) is 0.862. The van der Waals surface area contributed by atoms with Crippen molar-refractivity contribution < 1.29 is 0 Å². The lowest BCUT2D eigenvalue weighted by Crippen LogP contribution is -1.96. The summed E-state index contributed by atoms with van der Waals surface area (Å²) in [5, 5.41) is 4.50. The van der Waals surface area contributed by atoms with Gasteiger partial charge in [-0.05, 0) is 24.5 Å². The zero-order valence-corrected chi connectivity index (χ0v) is 10.7. The second kappa shape index (κ2) is 4.20. The molecule has 0 amide bonds. The summed E-state index contributed by atoms with van der Waals surface area (Å²) in [6.07, 6.45) is 3.71. The maximum atomic E-state index is 5.73. The summed E-state index contributed by atoms with van der Waals surface area (Å²) in [5.74, 6) is 0.380. The SMILES string of the molecule is Cc1cc(N)cnc1-c1cn(C)nc1C(C)C. The van der Waals surface area contributed by atoms with Gasteiger partial charge in [0.15, 0.2) is 0 Å². The maximum absolute atomic E-state index is 5.73. The van der Waals surface area contributed by atoms with Crippen LogP contribution in [0.1, 0.15) is 31.0 Å². The molecule has 0 aromatic carbocycles. The molecule has 2 N–H and O–H groups in total. The van der Waals surface area contributed by atoms with Gasteiger partial charge in [0.05, 0.1) is 23.3 Å². The second-order valence-electron chi connectivity index (χ2n) is 4.69. The monoisotopic (exact) mass is 230 g/mol. The molecule has 0 radical (unpaired) electrons. The average Bonchev–Trinajstić information content (AvgIpc) is 2.60. The molecule has 0 atom stereocenters. The van der Waals surface area contributed by atoms with Crippen molar-refractivity contribution in [2.75, 3.05) is 5.73 Å². The Labute approximate surface area is 101 Å². The molecule has 17 heavy (non-hydrogen) atoms. The van der Waals surface area contributed by atoms with Crippen LogP contribution in [0, 0.1) is 6.92 Å². The molecule has 0 unspecified atom stereocenters. The minimum atomic E-state index is 0.380. The number of nitrogens with two attached hydrogens (primary N) is 1. The molecule has 0 saturated heterocycles. The first-order chi connectivity index (χ1) is 7.99. The lowest BCUT2D eigenvalue weighted by atomic mass is 10.0. The van der Waals surface area contributed by atoms with E-state index in [2.05, 4.69) is 23.9 Å². The number of anilines is 1. The van der Waals surface area contributed by atoms with Gasteiger partial charge in [0, 0.05) is 18.8 Å². The summed E-state index contributed by atoms with van der Waals surface area (Å²) in [4.78, 5) is 4.43. The molecule has 90 valence electrons. The van der Waals surface area contributed by atoms with Crippen molar-refractivity contribution in [1.29, 1.82) is 0 Å². The van der Waals surface area contributed by atoms with Crippen molar-refractivity contribution in [3.63, 3.8) is 0 Å². The highest BCUT2D eigenvalue weighted by Gasteiger charge is 2.15. The Balaban J connectivity index is 2.59. The van der Waals surface area contributed by atoms with Gasteiger partial charge in [0.2, 0.25) is 0 Å². The van der Waals surface area contributed by atoms with Gasteiger partial charge in [-0.25, -0.2) is 0 Å².